The van der Waals surface area contributed by atoms with Crippen LogP contribution in [0.2, 0.25) is 0 Å². The second-order valence-corrected chi connectivity index (χ2v) is 5.10. The Hall–Kier alpha value is -1.84. The molecular formula is C15H18FN3. The molecular weight excluding hydrogens is 241 g/mol. The van der Waals surface area contributed by atoms with E-state index >= 15 is 0 Å². The smallest absolute Gasteiger partial charge is 0.203 e. The number of nitrogens with one attached hydrogen (secondary N) is 1. The van der Waals surface area contributed by atoms with Gasteiger partial charge in [-0.2, -0.15) is 0 Å². The number of nitrogens with zero attached hydrogens (tertiary/aromatic N) is 2. The zero-order valence-electron chi connectivity index (χ0n) is 10.8. The maximum Gasteiger partial charge on any atom is 0.203 e. The number of hydrogen-bond acceptors (Lipinski definition) is 2. The molecule has 1 N–H and O–H groups in total. The summed E-state index contributed by atoms with van der Waals surface area (Å²) < 4.78 is 15.6. The first kappa shape index (κ1) is 12.2. The molecule has 0 bridgehead atoms. The van der Waals surface area contributed by atoms with E-state index in [0.717, 1.165) is 5.95 Å². The van der Waals surface area contributed by atoms with Gasteiger partial charge in [0.05, 0.1) is 6.54 Å². The van der Waals surface area contributed by atoms with Gasteiger partial charge < -0.3 is 9.88 Å². The molecule has 1 heterocycles. The lowest BCUT2D eigenvalue weighted by Crippen LogP contribution is -2.18. The van der Waals surface area contributed by atoms with Crippen LogP contribution < -0.4 is 5.32 Å². The Bertz CT molecular complexity index is 544. The molecule has 0 amide bonds. The molecule has 3 nitrogen and oxygen atoms in total. The number of anilines is 1. The molecule has 1 aliphatic rings. The first-order valence-corrected chi connectivity index (χ1v) is 6.84. The molecule has 0 saturated heterocycles. The zero-order chi connectivity index (χ0) is 13.1. The van der Waals surface area contributed by atoms with E-state index in [9.17, 15) is 4.39 Å². The Morgan fingerprint density at radius 1 is 1.26 bits per heavy atom. The molecule has 1 fully saturated rings. The molecule has 100 valence electrons. The Kier molecular flexibility index (Phi) is 3.49. The maximum absolute atomic E-state index is 13.7. The van der Waals surface area contributed by atoms with Gasteiger partial charge in [0.25, 0.3) is 0 Å². The summed E-state index contributed by atoms with van der Waals surface area (Å²) in [6.45, 7) is 0.516. The van der Waals surface area contributed by atoms with E-state index in [0.29, 0.717) is 18.2 Å². The highest BCUT2D eigenvalue weighted by molar-refractivity contribution is 5.30. The Balaban J connectivity index is 1.74. The second-order valence-electron chi connectivity index (χ2n) is 5.10. The van der Waals surface area contributed by atoms with Crippen molar-refractivity contribution in [2.75, 3.05) is 5.32 Å². The van der Waals surface area contributed by atoms with Crippen molar-refractivity contribution in [1.29, 1.82) is 0 Å². The fourth-order valence-electron chi connectivity index (χ4n) is 2.64. The second kappa shape index (κ2) is 5.43. The lowest BCUT2D eigenvalue weighted by molar-refractivity contribution is 0.599. The lowest BCUT2D eigenvalue weighted by atomic mass is 10.2. The van der Waals surface area contributed by atoms with Gasteiger partial charge in [-0.15, -0.1) is 0 Å². The van der Waals surface area contributed by atoms with E-state index in [1.54, 1.807) is 12.3 Å². The van der Waals surface area contributed by atoms with Crippen LogP contribution >= 0.6 is 0 Å². The zero-order valence-corrected chi connectivity index (χ0v) is 10.8. The molecule has 4 heteroatoms. The molecule has 1 aliphatic carbocycles. The molecule has 1 aromatic heterocycles. The first-order chi connectivity index (χ1) is 9.33. The minimum absolute atomic E-state index is 0.164. The molecule has 3 rings (SSSR count). The highest BCUT2D eigenvalue weighted by Crippen LogP contribution is 2.22. The Labute approximate surface area is 112 Å². The van der Waals surface area contributed by atoms with E-state index in [4.69, 9.17) is 0 Å². The van der Waals surface area contributed by atoms with E-state index in [2.05, 4.69) is 10.3 Å². The third kappa shape index (κ3) is 2.78. The maximum atomic E-state index is 13.7. The van der Waals surface area contributed by atoms with Crippen molar-refractivity contribution in [2.24, 2.45) is 0 Å². The molecule has 0 radical (unpaired) electrons. The topological polar surface area (TPSA) is 29.9 Å². The van der Waals surface area contributed by atoms with Gasteiger partial charge in [-0.3, -0.25) is 0 Å². The Morgan fingerprint density at radius 2 is 2.05 bits per heavy atom. The largest absolute Gasteiger partial charge is 0.353 e. The normalized spacial score (nSPS) is 15.8. The molecule has 1 saturated carbocycles. The SMILES string of the molecule is Fc1ccccc1Cn1ccnc1NC1CCCC1. The van der Waals surface area contributed by atoms with Gasteiger partial charge >= 0.3 is 0 Å². The van der Waals surface area contributed by atoms with Gasteiger partial charge in [-0.05, 0) is 18.9 Å². The highest BCUT2D eigenvalue weighted by atomic mass is 19.1. The fraction of sp³-hybridized carbons (Fsp3) is 0.400. The molecule has 0 spiro atoms. The summed E-state index contributed by atoms with van der Waals surface area (Å²) in [4.78, 5) is 4.33. The fourth-order valence-corrected chi connectivity index (χ4v) is 2.64. The van der Waals surface area contributed by atoms with Crippen molar-refractivity contribution in [3.63, 3.8) is 0 Å². The number of halogens is 1. The van der Waals surface area contributed by atoms with Crippen molar-refractivity contribution >= 4 is 5.95 Å². The number of hydrogen-bond donors (Lipinski definition) is 1. The van der Waals surface area contributed by atoms with Crippen molar-refractivity contribution in [3.8, 4) is 0 Å². The molecule has 19 heavy (non-hydrogen) atoms. The quantitative estimate of drug-likeness (QED) is 0.911. The van der Waals surface area contributed by atoms with Crippen LogP contribution in [0.3, 0.4) is 0 Å². The molecule has 0 unspecified atom stereocenters. The van der Waals surface area contributed by atoms with Crippen molar-refractivity contribution in [3.05, 3.63) is 48.0 Å². The van der Waals surface area contributed by atoms with Crippen molar-refractivity contribution in [1.82, 2.24) is 9.55 Å². The first-order valence-electron chi connectivity index (χ1n) is 6.84. The van der Waals surface area contributed by atoms with Gasteiger partial charge in [0.2, 0.25) is 5.95 Å². The summed E-state index contributed by atoms with van der Waals surface area (Å²) in [5, 5.41) is 3.46. The van der Waals surface area contributed by atoms with E-state index in [1.165, 1.54) is 31.7 Å². The average molecular weight is 259 g/mol. The summed E-state index contributed by atoms with van der Waals surface area (Å²) in [6, 6.07) is 7.40. The van der Waals surface area contributed by atoms with Gasteiger partial charge in [-0.25, -0.2) is 9.37 Å². The Morgan fingerprint density at radius 3 is 2.84 bits per heavy atom. The van der Waals surface area contributed by atoms with Crippen LogP contribution in [0.25, 0.3) is 0 Å². The van der Waals surface area contributed by atoms with Crippen LogP contribution in [0.5, 0.6) is 0 Å². The number of aromatic nitrogens is 2. The summed E-state index contributed by atoms with van der Waals surface area (Å²) >= 11 is 0. The summed E-state index contributed by atoms with van der Waals surface area (Å²) in [5.74, 6) is 0.679. The van der Waals surface area contributed by atoms with Crippen molar-refractivity contribution in [2.45, 2.75) is 38.3 Å². The minimum Gasteiger partial charge on any atom is -0.353 e. The average Bonchev–Trinajstić information content (AvgIpc) is 3.06. The molecule has 1 aromatic carbocycles. The number of imidazole rings is 1. The summed E-state index contributed by atoms with van der Waals surface area (Å²) in [7, 11) is 0. The van der Waals surface area contributed by atoms with Crippen molar-refractivity contribution < 1.29 is 4.39 Å². The van der Waals surface area contributed by atoms with Gasteiger partial charge in [0.1, 0.15) is 5.82 Å². The molecule has 0 atom stereocenters. The minimum atomic E-state index is -0.164. The summed E-state index contributed by atoms with van der Waals surface area (Å²) in [5.41, 5.74) is 0.690. The number of benzene rings is 1. The van der Waals surface area contributed by atoms with Gasteiger partial charge in [0, 0.05) is 24.0 Å². The predicted octanol–water partition coefficient (Wildman–Crippen LogP) is 3.43. The van der Waals surface area contributed by atoms with Crippen LogP contribution in [0.15, 0.2) is 36.7 Å². The standard InChI is InChI=1S/C15H18FN3/c16-14-8-4-1-5-12(14)11-19-10-9-17-15(19)18-13-6-2-3-7-13/h1,4-5,8-10,13H,2-3,6-7,11H2,(H,17,18). The highest BCUT2D eigenvalue weighted by Gasteiger charge is 2.16. The molecule has 0 aliphatic heterocycles. The van der Waals surface area contributed by atoms with Crippen LogP contribution in [-0.4, -0.2) is 15.6 Å². The van der Waals surface area contributed by atoms with E-state index in [-0.39, 0.29) is 5.82 Å². The van der Waals surface area contributed by atoms with Crippen LogP contribution in [-0.2, 0) is 6.54 Å². The summed E-state index contributed by atoms with van der Waals surface area (Å²) in [6.07, 6.45) is 8.62. The molecule has 2 aromatic rings. The third-order valence-electron chi connectivity index (χ3n) is 3.70. The van der Waals surface area contributed by atoms with Gasteiger partial charge in [0.15, 0.2) is 0 Å². The predicted molar refractivity (Wildman–Crippen MR) is 73.6 cm³/mol. The third-order valence-corrected chi connectivity index (χ3v) is 3.70. The van der Waals surface area contributed by atoms with Crippen LogP contribution in [0.4, 0.5) is 10.3 Å². The lowest BCUT2D eigenvalue weighted by Gasteiger charge is -2.15. The van der Waals surface area contributed by atoms with Crippen LogP contribution in [0, 0.1) is 5.82 Å². The van der Waals surface area contributed by atoms with E-state index < -0.39 is 0 Å². The van der Waals surface area contributed by atoms with Crippen LogP contribution in [0.1, 0.15) is 31.2 Å². The monoisotopic (exact) mass is 259 g/mol. The number of rotatable bonds is 4. The van der Waals surface area contributed by atoms with Gasteiger partial charge in [-0.1, -0.05) is 31.0 Å². The van der Waals surface area contributed by atoms with E-state index in [1.807, 2.05) is 22.9 Å².